The van der Waals surface area contributed by atoms with E-state index in [9.17, 15) is 0 Å². The summed E-state index contributed by atoms with van der Waals surface area (Å²) in [4.78, 5) is 0. The summed E-state index contributed by atoms with van der Waals surface area (Å²) >= 11 is 0. The first-order chi connectivity index (χ1) is 4.41. The van der Waals surface area contributed by atoms with Gasteiger partial charge in [-0.1, -0.05) is 12.2 Å². The summed E-state index contributed by atoms with van der Waals surface area (Å²) in [6.45, 7) is 7.34. The number of hydrogen-bond donors (Lipinski definition) is 1. The van der Waals surface area contributed by atoms with E-state index >= 15 is 0 Å². The Morgan fingerprint density at radius 2 is 1.56 bits per heavy atom. The second-order valence-electron chi connectivity index (χ2n) is 1.90. The first-order valence-electron chi connectivity index (χ1n) is 3.34. The van der Waals surface area contributed by atoms with Crippen molar-refractivity contribution >= 4 is 19.4 Å². The van der Waals surface area contributed by atoms with Crippen molar-refractivity contribution in [3.63, 3.8) is 0 Å². The van der Waals surface area contributed by atoms with E-state index in [4.69, 9.17) is 0 Å². The molecule has 0 aromatic heterocycles. The Kier molecular flexibility index (Phi) is 7.76. The lowest BCUT2D eigenvalue weighted by Crippen LogP contribution is -2.22. The maximum absolute atomic E-state index is 3.67. The van der Waals surface area contributed by atoms with E-state index in [0.29, 0.717) is 0 Å². The number of hydrogen-bond acceptors (Lipinski definition) is 1. The Morgan fingerprint density at radius 3 is 1.89 bits per heavy atom. The molecule has 0 aliphatic rings. The van der Waals surface area contributed by atoms with E-state index in [1.165, 1.54) is 12.1 Å². The lowest BCUT2D eigenvalue weighted by Gasteiger charge is -1.95. The van der Waals surface area contributed by atoms with E-state index in [0.717, 1.165) is 0 Å². The maximum Gasteiger partial charge on any atom is 0.0882 e. The van der Waals surface area contributed by atoms with Gasteiger partial charge in [0.25, 0.3) is 0 Å². The predicted octanol–water partition coefficient (Wildman–Crippen LogP) is -0.0478. The van der Waals surface area contributed by atoms with Crippen molar-refractivity contribution in [3.8, 4) is 0 Å². The molecule has 0 aromatic rings. The molecule has 0 aliphatic carbocycles. The molecule has 0 aromatic carbocycles. The zero-order valence-corrected chi connectivity index (χ0v) is 8.73. The molecule has 0 radical (unpaired) electrons. The minimum absolute atomic E-state index is 0.0369. The fraction of sp³-hybridized carbons (Fsp3) is 0.333. The molecule has 0 atom stereocenters. The van der Waals surface area contributed by atoms with Crippen LogP contribution in [-0.2, 0) is 0 Å². The van der Waals surface area contributed by atoms with Crippen LogP contribution in [-0.4, -0.2) is 19.4 Å². The van der Waals surface area contributed by atoms with Gasteiger partial charge in [-0.2, -0.15) is 0 Å². The summed E-state index contributed by atoms with van der Waals surface area (Å²) in [7, 11) is 0.0737. The molecular formula is C6H15NSi2. The third-order valence-electron chi connectivity index (χ3n) is 1.05. The van der Waals surface area contributed by atoms with Crippen molar-refractivity contribution in [1.82, 2.24) is 4.65 Å². The summed E-state index contributed by atoms with van der Waals surface area (Å²) < 4.78 is 3.52. The van der Waals surface area contributed by atoms with Gasteiger partial charge in [-0.15, -0.1) is 13.2 Å². The van der Waals surface area contributed by atoms with Crippen molar-refractivity contribution in [2.45, 2.75) is 12.1 Å². The second-order valence-corrected chi connectivity index (χ2v) is 6.06. The van der Waals surface area contributed by atoms with Crippen LogP contribution >= 0.6 is 0 Å². The van der Waals surface area contributed by atoms with Gasteiger partial charge < -0.3 is 4.65 Å². The van der Waals surface area contributed by atoms with Crippen molar-refractivity contribution < 1.29 is 0 Å². The Hall–Kier alpha value is -0.126. The summed E-state index contributed by atoms with van der Waals surface area (Å²) in [5.74, 6) is 0. The zero-order valence-electron chi connectivity index (χ0n) is 5.90. The lowest BCUT2D eigenvalue weighted by atomic mass is 10.8. The minimum atomic E-state index is 0.0369. The molecule has 0 aliphatic heterocycles. The minimum Gasteiger partial charge on any atom is -0.369 e. The molecular weight excluding hydrogens is 142 g/mol. The van der Waals surface area contributed by atoms with E-state index in [1.54, 1.807) is 0 Å². The fourth-order valence-electron chi connectivity index (χ4n) is 0.533. The number of allylic oxidation sites excluding steroid dienone is 2. The van der Waals surface area contributed by atoms with Crippen LogP contribution in [0, 0.1) is 0 Å². The molecule has 9 heavy (non-hydrogen) atoms. The molecule has 0 unspecified atom stereocenters. The third kappa shape index (κ3) is 7.87. The topological polar surface area (TPSA) is 12.0 Å². The van der Waals surface area contributed by atoms with Crippen LogP contribution in [0.2, 0.25) is 12.1 Å². The number of rotatable bonds is 6. The quantitative estimate of drug-likeness (QED) is 0.324. The molecule has 0 rings (SSSR count). The van der Waals surface area contributed by atoms with Gasteiger partial charge in [0.2, 0.25) is 0 Å². The Bertz CT molecular complexity index is 73.1. The highest BCUT2D eigenvalue weighted by atomic mass is 28.3. The molecule has 0 saturated heterocycles. The Balaban J connectivity index is 2.74. The molecule has 1 N–H and O–H groups in total. The van der Waals surface area contributed by atoms with Crippen LogP contribution in [0.1, 0.15) is 0 Å². The summed E-state index contributed by atoms with van der Waals surface area (Å²) in [5.41, 5.74) is 0. The summed E-state index contributed by atoms with van der Waals surface area (Å²) in [6.07, 6.45) is 4.00. The summed E-state index contributed by atoms with van der Waals surface area (Å²) in [5, 5.41) is 0. The normalized spacial score (nSPS) is 11.6. The van der Waals surface area contributed by atoms with Crippen molar-refractivity contribution in [2.75, 3.05) is 0 Å². The Labute approximate surface area is 62.0 Å². The van der Waals surface area contributed by atoms with Gasteiger partial charge in [0.1, 0.15) is 0 Å². The van der Waals surface area contributed by atoms with Gasteiger partial charge in [-0.05, 0) is 12.1 Å². The van der Waals surface area contributed by atoms with Gasteiger partial charge in [-0.25, -0.2) is 0 Å². The van der Waals surface area contributed by atoms with E-state index in [1.807, 2.05) is 12.2 Å². The molecule has 3 heteroatoms. The van der Waals surface area contributed by atoms with Gasteiger partial charge in [0, 0.05) is 0 Å². The Morgan fingerprint density at radius 1 is 1.11 bits per heavy atom. The molecule has 1 nitrogen and oxygen atoms in total. The third-order valence-corrected chi connectivity index (χ3v) is 5.27. The SMILES string of the molecule is C=CC[SiH2]N[SiH2]CC=C. The molecule has 0 fully saturated rings. The van der Waals surface area contributed by atoms with Crippen molar-refractivity contribution in [2.24, 2.45) is 0 Å². The second kappa shape index (κ2) is 7.87. The highest BCUT2D eigenvalue weighted by Gasteiger charge is 1.82. The maximum atomic E-state index is 3.67. The molecule has 52 valence electrons. The summed E-state index contributed by atoms with van der Waals surface area (Å²) in [6, 6.07) is 2.45. The van der Waals surface area contributed by atoms with E-state index in [2.05, 4.69) is 17.8 Å². The first-order valence-corrected chi connectivity index (χ1v) is 6.75. The highest BCUT2D eigenvalue weighted by Crippen LogP contribution is 1.76. The van der Waals surface area contributed by atoms with Crippen LogP contribution in [0.3, 0.4) is 0 Å². The smallest absolute Gasteiger partial charge is 0.0882 e. The average molecular weight is 157 g/mol. The van der Waals surface area contributed by atoms with Crippen LogP contribution in [0.5, 0.6) is 0 Å². The first kappa shape index (κ1) is 8.87. The van der Waals surface area contributed by atoms with Gasteiger partial charge in [-0.3, -0.25) is 0 Å². The average Bonchev–Trinajstić information content (AvgIpc) is 1.89. The molecule has 0 amide bonds. The highest BCUT2D eigenvalue weighted by molar-refractivity contribution is 6.51. The van der Waals surface area contributed by atoms with Crippen LogP contribution < -0.4 is 4.65 Å². The van der Waals surface area contributed by atoms with Gasteiger partial charge >= 0.3 is 0 Å². The van der Waals surface area contributed by atoms with Crippen LogP contribution in [0.25, 0.3) is 0 Å². The predicted molar refractivity (Wildman–Crippen MR) is 50.2 cm³/mol. The van der Waals surface area contributed by atoms with E-state index < -0.39 is 0 Å². The van der Waals surface area contributed by atoms with Gasteiger partial charge in [0.15, 0.2) is 0 Å². The molecule has 0 bridgehead atoms. The largest absolute Gasteiger partial charge is 0.369 e. The van der Waals surface area contributed by atoms with Crippen molar-refractivity contribution in [3.05, 3.63) is 25.3 Å². The standard InChI is InChI=1S/C6H15NSi2/c1-3-5-8-7-9-6-4-2/h3-4,7H,1-2,5-6,8-9H2. The fourth-order valence-corrected chi connectivity index (χ4v) is 3.57. The molecule has 0 saturated carbocycles. The van der Waals surface area contributed by atoms with Crippen LogP contribution in [0.4, 0.5) is 0 Å². The molecule has 0 heterocycles. The monoisotopic (exact) mass is 157 g/mol. The van der Waals surface area contributed by atoms with Gasteiger partial charge in [0.05, 0.1) is 19.4 Å². The van der Waals surface area contributed by atoms with E-state index in [-0.39, 0.29) is 19.4 Å². The zero-order chi connectivity index (χ0) is 6.95. The number of nitrogens with one attached hydrogen (secondary N) is 1. The molecule has 0 spiro atoms. The lowest BCUT2D eigenvalue weighted by molar-refractivity contribution is 1.46. The van der Waals surface area contributed by atoms with Crippen LogP contribution in [0.15, 0.2) is 25.3 Å². The van der Waals surface area contributed by atoms with Crippen molar-refractivity contribution in [1.29, 1.82) is 0 Å².